The number of hydrogen-bond donors (Lipinski definition) is 2. The first kappa shape index (κ1) is 11.8. The van der Waals surface area contributed by atoms with E-state index in [1.54, 1.807) is 16.9 Å². The predicted octanol–water partition coefficient (Wildman–Crippen LogP) is 1.42. The molecule has 0 bridgehead atoms. The number of rotatable bonds is 3. The van der Waals surface area contributed by atoms with Crippen molar-refractivity contribution in [2.45, 2.75) is 13.0 Å². The summed E-state index contributed by atoms with van der Waals surface area (Å²) in [4.78, 5) is 0. The maximum Gasteiger partial charge on any atom is 0.123 e. The molecule has 1 aromatic heterocycles. The summed E-state index contributed by atoms with van der Waals surface area (Å²) in [5, 5.41) is 4.11. The van der Waals surface area contributed by atoms with Gasteiger partial charge in [-0.25, -0.2) is 9.82 Å². The topological polar surface area (TPSA) is 55.9 Å². The fourth-order valence-corrected chi connectivity index (χ4v) is 1.96. The average molecular weight is 234 g/mol. The number of hydrazine groups is 1. The highest BCUT2D eigenvalue weighted by Crippen LogP contribution is 2.24. The van der Waals surface area contributed by atoms with Gasteiger partial charge in [0.15, 0.2) is 0 Å². The molecule has 17 heavy (non-hydrogen) atoms. The third kappa shape index (κ3) is 2.20. The normalized spacial score (nSPS) is 12.7. The molecule has 1 aromatic carbocycles. The first-order valence-electron chi connectivity index (χ1n) is 5.33. The third-order valence-corrected chi connectivity index (χ3v) is 2.86. The van der Waals surface area contributed by atoms with Gasteiger partial charge in [-0.2, -0.15) is 5.10 Å². The van der Waals surface area contributed by atoms with Crippen LogP contribution in [0.4, 0.5) is 4.39 Å². The van der Waals surface area contributed by atoms with E-state index in [4.69, 9.17) is 5.84 Å². The molecule has 2 aromatic rings. The van der Waals surface area contributed by atoms with Crippen LogP contribution >= 0.6 is 0 Å². The number of hydrogen-bond acceptors (Lipinski definition) is 3. The Morgan fingerprint density at radius 3 is 2.71 bits per heavy atom. The largest absolute Gasteiger partial charge is 0.271 e. The van der Waals surface area contributed by atoms with Crippen LogP contribution in [-0.4, -0.2) is 9.78 Å². The molecule has 0 fully saturated rings. The van der Waals surface area contributed by atoms with Crippen molar-refractivity contribution in [3.05, 3.63) is 53.1 Å². The lowest BCUT2D eigenvalue weighted by molar-refractivity contribution is 0.569. The van der Waals surface area contributed by atoms with Gasteiger partial charge in [-0.05, 0) is 36.2 Å². The molecule has 4 nitrogen and oxygen atoms in total. The molecular weight excluding hydrogens is 219 g/mol. The maximum absolute atomic E-state index is 13.1. The fraction of sp³-hybridized carbons (Fsp3) is 0.250. The highest BCUT2D eigenvalue weighted by molar-refractivity contribution is 5.34. The lowest BCUT2D eigenvalue weighted by Gasteiger charge is -2.18. The summed E-state index contributed by atoms with van der Waals surface area (Å²) in [7, 11) is 1.85. The minimum atomic E-state index is -0.243. The molecule has 90 valence electrons. The number of aromatic nitrogens is 2. The van der Waals surface area contributed by atoms with Gasteiger partial charge < -0.3 is 0 Å². The minimum absolute atomic E-state index is 0.192. The second kappa shape index (κ2) is 4.65. The summed E-state index contributed by atoms with van der Waals surface area (Å²) in [6.07, 6.45) is 1.71. The van der Waals surface area contributed by atoms with Crippen LogP contribution in [-0.2, 0) is 7.05 Å². The molecule has 0 saturated heterocycles. The van der Waals surface area contributed by atoms with Crippen LogP contribution in [0.1, 0.15) is 22.9 Å². The van der Waals surface area contributed by atoms with Crippen LogP contribution in [0.5, 0.6) is 0 Å². The van der Waals surface area contributed by atoms with Crippen molar-refractivity contribution in [1.29, 1.82) is 0 Å². The molecule has 1 heterocycles. The van der Waals surface area contributed by atoms with Gasteiger partial charge in [-0.1, -0.05) is 6.07 Å². The summed E-state index contributed by atoms with van der Waals surface area (Å²) in [5.74, 6) is 5.34. The smallest absolute Gasteiger partial charge is 0.123 e. The van der Waals surface area contributed by atoms with E-state index in [1.165, 1.54) is 12.1 Å². The monoisotopic (exact) mass is 234 g/mol. The molecule has 5 heteroatoms. The highest BCUT2D eigenvalue weighted by Gasteiger charge is 2.17. The molecule has 0 aliphatic rings. The number of aryl methyl sites for hydroxylation is 2. The Labute approximate surface area is 99.2 Å². The van der Waals surface area contributed by atoms with Crippen molar-refractivity contribution in [3.8, 4) is 0 Å². The molecular formula is C12H15FN4. The second-order valence-corrected chi connectivity index (χ2v) is 3.98. The van der Waals surface area contributed by atoms with Crippen molar-refractivity contribution in [2.75, 3.05) is 0 Å². The summed E-state index contributed by atoms with van der Waals surface area (Å²) in [6.45, 7) is 1.86. The van der Waals surface area contributed by atoms with Crippen LogP contribution in [0.3, 0.4) is 0 Å². The van der Waals surface area contributed by atoms with Crippen molar-refractivity contribution >= 4 is 0 Å². The van der Waals surface area contributed by atoms with Crippen LogP contribution in [0.2, 0.25) is 0 Å². The van der Waals surface area contributed by atoms with Gasteiger partial charge in [0.25, 0.3) is 0 Å². The Morgan fingerprint density at radius 1 is 1.41 bits per heavy atom. The number of halogens is 1. The first-order valence-corrected chi connectivity index (χ1v) is 5.33. The summed E-state index contributed by atoms with van der Waals surface area (Å²) in [5.41, 5.74) is 5.47. The van der Waals surface area contributed by atoms with Gasteiger partial charge in [0.2, 0.25) is 0 Å². The van der Waals surface area contributed by atoms with Crippen molar-refractivity contribution in [2.24, 2.45) is 12.9 Å². The van der Waals surface area contributed by atoms with Crippen LogP contribution in [0.25, 0.3) is 0 Å². The molecule has 0 amide bonds. The lowest BCUT2D eigenvalue weighted by atomic mass is 9.99. The van der Waals surface area contributed by atoms with Crippen LogP contribution in [0.15, 0.2) is 30.5 Å². The van der Waals surface area contributed by atoms with E-state index in [1.807, 2.05) is 20.0 Å². The number of benzene rings is 1. The van der Waals surface area contributed by atoms with Gasteiger partial charge in [0.1, 0.15) is 5.82 Å². The Balaban J connectivity index is 2.46. The number of nitrogens with one attached hydrogen (secondary N) is 1. The van der Waals surface area contributed by atoms with Gasteiger partial charge >= 0.3 is 0 Å². The second-order valence-electron chi connectivity index (χ2n) is 3.98. The number of nitrogens with two attached hydrogens (primary N) is 1. The van der Waals surface area contributed by atoms with E-state index >= 15 is 0 Å². The van der Waals surface area contributed by atoms with E-state index in [0.717, 1.165) is 16.8 Å². The van der Waals surface area contributed by atoms with E-state index in [-0.39, 0.29) is 11.9 Å². The van der Waals surface area contributed by atoms with Gasteiger partial charge in [0, 0.05) is 13.2 Å². The van der Waals surface area contributed by atoms with Gasteiger partial charge in [-0.15, -0.1) is 0 Å². The molecule has 0 aliphatic carbocycles. The Kier molecular flexibility index (Phi) is 3.21. The molecule has 0 radical (unpaired) electrons. The zero-order chi connectivity index (χ0) is 12.4. The summed E-state index contributed by atoms with van der Waals surface area (Å²) < 4.78 is 14.8. The Hall–Kier alpha value is -1.72. The summed E-state index contributed by atoms with van der Waals surface area (Å²) in [6, 6.07) is 6.36. The average Bonchev–Trinajstić information content (AvgIpc) is 2.69. The summed E-state index contributed by atoms with van der Waals surface area (Å²) >= 11 is 0. The quantitative estimate of drug-likeness (QED) is 0.624. The lowest BCUT2D eigenvalue weighted by Crippen LogP contribution is -2.30. The Bertz CT molecular complexity index is 521. The maximum atomic E-state index is 13.1. The predicted molar refractivity (Wildman–Crippen MR) is 63.5 cm³/mol. The molecule has 3 N–H and O–H groups in total. The molecule has 0 saturated carbocycles. The first-order chi connectivity index (χ1) is 8.13. The van der Waals surface area contributed by atoms with Crippen LogP contribution in [0, 0.1) is 12.7 Å². The van der Waals surface area contributed by atoms with E-state index in [0.29, 0.717) is 0 Å². The molecule has 0 spiro atoms. The van der Waals surface area contributed by atoms with E-state index < -0.39 is 0 Å². The molecule has 1 atom stereocenters. The zero-order valence-electron chi connectivity index (χ0n) is 9.81. The highest BCUT2D eigenvalue weighted by atomic mass is 19.1. The standard InChI is InChI=1S/C12H15FN4/c1-8-7-9(13)3-4-10(8)12(16-14)11-5-6-15-17(11)2/h3-7,12,16H,14H2,1-2H3. The fourth-order valence-electron chi connectivity index (χ4n) is 1.96. The SMILES string of the molecule is Cc1cc(F)ccc1C(NN)c1ccnn1C. The third-order valence-electron chi connectivity index (χ3n) is 2.86. The van der Waals surface area contributed by atoms with Crippen molar-refractivity contribution in [3.63, 3.8) is 0 Å². The molecule has 0 aliphatic heterocycles. The number of nitrogens with zero attached hydrogens (tertiary/aromatic N) is 2. The van der Waals surface area contributed by atoms with Crippen molar-refractivity contribution in [1.82, 2.24) is 15.2 Å². The Morgan fingerprint density at radius 2 is 2.18 bits per heavy atom. The molecule has 1 unspecified atom stereocenters. The van der Waals surface area contributed by atoms with Gasteiger partial charge in [0.05, 0.1) is 11.7 Å². The van der Waals surface area contributed by atoms with Gasteiger partial charge in [-0.3, -0.25) is 10.5 Å². The molecule has 2 rings (SSSR count). The van der Waals surface area contributed by atoms with Crippen molar-refractivity contribution < 1.29 is 4.39 Å². The van der Waals surface area contributed by atoms with Crippen LogP contribution < -0.4 is 11.3 Å². The van der Waals surface area contributed by atoms with E-state index in [9.17, 15) is 4.39 Å². The minimum Gasteiger partial charge on any atom is -0.271 e. The zero-order valence-corrected chi connectivity index (χ0v) is 9.81. The van der Waals surface area contributed by atoms with E-state index in [2.05, 4.69) is 10.5 Å².